The molecule has 1 saturated carbocycles. The third-order valence-corrected chi connectivity index (χ3v) is 3.47. The van der Waals surface area contributed by atoms with Gasteiger partial charge in [0.05, 0.1) is 18.6 Å². The van der Waals surface area contributed by atoms with E-state index >= 15 is 0 Å². The normalized spacial score (nSPS) is 33.1. The number of ether oxygens (including phenoxy) is 2. The van der Waals surface area contributed by atoms with Crippen LogP contribution in [0.25, 0.3) is 0 Å². The predicted molar refractivity (Wildman–Crippen MR) is 53.4 cm³/mol. The summed E-state index contributed by atoms with van der Waals surface area (Å²) in [5.41, 5.74) is -0.897. The lowest BCUT2D eigenvalue weighted by Gasteiger charge is -2.41. The molecule has 6 heteroatoms. The van der Waals surface area contributed by atoms with Gasteiger partial charge in [-0.05, 0) is 12.8 Å². The average Bonchev–Trinajstić information content (AvgIpc) is 2.65. The predicted octanol–water partition coefficient (Wildman–Crippen LogP) is 1.54. The molecule has 1 heterocycles. The van der Waals surface area contributed by atoms with Crippen molar-refractivity contribution in [3.05, 3.63) is 10.1 Å². The average molecular weight is 233 g/mol. The van der Waals surface area contributed by atoms with E-state index in [4.69, 9.17) is 9.47 Å². The van der Waals surface area contributed by atoms with Gasteiger partial charge in [0, 0.05) is 17.8 Å². The summed E-state index contributed by atoms with van der Waals surface area (Å²) in [5.74, 6) is -0.750. The van der Waals surface area contributed by atoms with Crippen LogP contribution >= 0.6 is 0 Å². The van der Waals surface area contributed by atoms with Gasteiger partial charge in [-0.1, -0.05) is 0 Å². The van der Waals surface area contributed by atoms with Crippen molar-refractivity contribution in [3.8, 4) is 0 Å². The van der Waals surface area contributed by atoms with E-state index in [2.05, 4.69) is 0 Å². The van der Waals surface area contributed by atoms with Crippen molar-refractivity contribution in [1.82, 2.24) is 0 Å². The Balaban J connectivity index is 2.10. The van der Waals surface area contributed by atoms with Gasteiger partial charge in [0.15, 0.2) is 5.79 Å². The Morgan fingerprint density at radius 3 is 2.56 bits per heavy atom. The second kappa shape index (κ2) is 4.25. The van der Waals surface area contributed by atoms with Gasteiger partial charge in [-0.2, -0.15) is 0 Å². The van der Waals surface area contributed by atoms with Crippen LogP contribution in [0, 0.1) is 15.5 Å². The first-order valence-electron chi connectivity index (χ1n) is 5.56. The molecule has 1 aliphatic heterocycles. The van der Waals surface area contributed by atoms with Gasteiger partial charge in [-0.3, -0.25) is 14.5 Å². The highest BCUT2D eigenvalue weighted by Crippen LogP contribution is 2.46. The SMILES string of the molecule is O=[N+]([O-])CC1(CF)CCCC2(C1)OCCO2. The van der Waals surface area contributed by atoms with Crippen LogP contribution in [-0.4, -0.2) is 37.1 Å². The first-order chi connectivity index (χ1) is 7.60. The highest BCUT2D eigenvalue weighted by Gasteiger charge is 2.51. The van der Waals surface area contributed by atoms with E-state index in [-0.39, 0.29) is 6.54 Å². The van der Waals surface area contributed by atoms with Gasteiger partial charge in [0.25, 0.3) is 0 Å². The number of nitro groups is 1. The molecule has 16 heavy (non-hydrogen) atoms. The van der Waals surface area contributed by atoms with E-state index in [9.17, 15) is 14.5 Å². The molecule has 2 fully saturated rings. The first kappa shape index (κ1) is 11.7. The fourth-order valence-electron chi connectivity index (χ4n) is 2.79. The summed E-state index contributed by atoms with van der Waals surface area (Å²) >= 11 is 0. The molecule has 0 N–H and O–H groups in total. The zero-order valence-electron chi connectivity index (χ0n) is 9.12. The maximum absolute atomic E-state index is 13.1. The molecular weight excluding hydrogens is 217 g/mol. The van der Waals surface area contributed by atoms with Gasteiger partial charge in [0.2, 0.25) is 6.54 Å². The lowest BCUT2D eigenvalue weighted by molar-refractivity contribution is -0.502. The Bertz CT molecular complexity index is 280. The van der Waals surface area contributed by atoms with Gasteiger partial charge < -0.3 is 9.47 Å². The topological polar surface area (TPSA) is 61.6 Å². The van der Waals surface area contributed by atoms with Crippen LogP contribution in [0.5, 0.6) is 0 Å². The molecule has 0 radical (unpaired) electrons. The minimum atomic E-state index is -0.897. The number of nitrogens with zero attached hydrogens (tertiary/aromatic N) is 1. The molecule has 1 aliphatic carbocycles. The van der Waals surface area contributed by atoms with Crippen molar-refractivity contribution < 1.29 is 18.8 Å². The van der Waals surface area contributed by atoms with E-state index in [1.165, 1.54) is 0 Å². The first-order valence-corrected chi connectivity index (χ1v) is 5.56. The summed E-state index contributed by atoms with van der Waals surface area (Å²) in [4.78, 5) is 10.2. The van der Waals surface area contributed by atoms with Crippen LogP contribution in [-0.2, 0) is 9.47 Å². The van der Waals surface area contributed by atoms with Gasteiger partial charge in [0.1, 0.15) is 6.67 Å². The van der Waals surface area contributed by atoms with E-state index < -0.39 is 22.8 Å². The number of hydrogen-bond acceptors (Lipinski definition) is 4. The number of halogens is 1. The van der Waals surface area contributed by atoms with Crippen molar-refractivity contribution in [3.63, 3.8) is 0 Å². The molecule has 92 valence electrons. The van der Waals surface area contributed by atoms with Crippen molar-refractivity contribution in [2.75, 3.05) is 26.4 Å². The van der Waals surface area contributed by atoms with Gasteiger partial charge >= 0.3 is 0 Å². The molecule has 0 bridgehead atoms. The fraction of sp³-hybridized carbons (Fsp3) is 1.00. The Morgan fingerprint density at radius 2 is 2.00 bits per heavy atom. The third-order valence-electron chi connectivity index (χ3n) is 3.47. The minimum Gasteiger partial charge on any atom is -0.348 e. The Morgan fingerprint density at radius 1 is 1.31 bits per heavy atom. The maximum Gasteiger partial charge on any atom is 0.212 e. The van der Waals surface area contributed by atoms with Crippen LogP contribution in [0.3, 0.4) is 0 Å². The van der Waals surface area contributed by atoms with Crippen LogP contribution in [0.2, 0.25) is 0 Å². The van der Waals surface area contributed by atoms with Crippen molar-refractivity contribution in [1.29, 1.82) is 0 Å². The quantitative estimate of drug-likeness (QED) is 0.548. The van der Waals surface area contributed by atoms with Crippen LogP contribution in [0.4, 0.5) is 4.39 Å². The molecule has 1 unspecified atom stereocenters. The highest BCUT2D eigenvalue weighted by atomic mass is 19.1. The fourth-order valence-corrected chi connectivity index (χ4v) is 2.79. The second-order valence-electron chi connectivity index (χ2n) is 4.76. The van der Waals surface area contributed by atoms with Gasteiger partial charge in [-0.15, -0.1) is 0 Å². The summed E-state index contributed by atoms with van der Waals surface area (Å²) in [5, 5.41) is 10.6. The van der Waals surface area contributed by atoms with Crippen molar-refractivity contribution >= 4 is 0 Å². The molecule has 5 nitrogen and oxygen atoms in total. The Kier molecular flexibility index (Phi) is 3.12. The standard InChI is InChI=1S/C10H16FNO4/c11-7-9(8-12(13)14)2-1-3-10(6-9)15-4-5-16-10/h1-8H2. The largest absolute Gasteiger partial charge is 0.348 e. The third kappa shape index (κ3) is 2.17. The number of hydrogen-bond donors (Lipinski definition) is 0. The summed E-state index contributed by atoms with van der Waals surface area (Å²) < 4.78 is 24.1. The molecule has 0 amide bonds. The zero-order valence-corrected chi connectivity index (χ0v) is 9.12. The van der Waals surface area contributed by atoms with E-state index in [0.29, 0.717) is 32.5 Å². The Labute approximate surface area is 93.1 Å². The summed E-state index contributed by atoms with van der Waals surface area (Å²) in [7, 11) is 0. The monoisotopic (exact) mass is 233 g/mol. The maximum atomic E-state index is 13.1. The lowest BCUT2D eigenvalue weighted by atomic mass is 9.72. The van der Waals surface area contributed by atoms with E-state index in [0.717, 1.165) is 6.42 Å². The molecule has 2 aliphatic rings. The molecule has 0 aromatic carbocycles. The highest BCUT2D eigenvalue weighted by molar-refractivity contribution is 4.92. The lowest BCUT2D eigenvalue weighted by Crippen LogP contribution is -2.46. The zero-order chi connectivity index (χ0) is 11.6. The van der Waals surface area contributed by atoms with Crippen LogP contribution in [0.1, 0.15) is 25.7 Å². The summed E-state index contributed by atoms with van der Waals surface area (Å²) in [6, 6.07) is 0. The van der Waals surface area contributed by atoms with Crippen molar-refractivity contribution in [2.24, 2.45) is 5.41 Å². The minimum absolute atomic E-state index is 0.303. The molecule has 2 rings (SSSR count). The molecule has 0 aromatic heterocycles. The molecule has 0 aromatic rings. The molecule has 1 atom stereocenters. The number of alkyl halides is 1. The van der Waals surface area contributed by atoms with Crippen LogP contribution in [0.15, 0.2) is 0 Å². The Hall–Kier alpha value is -0.750. The van der Waals surface area contributed by atoms with Crippen LogP contribution < -0.4 is 0 Å². The van der Waals surface area contributed by atoms with E-state index in [1.54, 1.807) is 0 Å². The smallest absolute Gasteiger partial charge is 0.212 e. The summed E-state index contributed by atoms with van der Waals surface area (Å²) in [6.45, 7) is -0.0118. The second-order valence-corrected chi connectivity index (χ2v) is 4.76. The molecular formula is C10H16FNO4. The molecule has 1 saturated heterocycles. The summed E-state index contributed by atoms with van der Waals surface area (Å²) in [6.07, 6.45) is 2.28. The van der Waals surface area contributed by atoms with E-state index in [1.807, 2.05) is 0 Å². The van der Waals surface area contributed by atoms with Crippen molar-refractivity contribution in [2.45, 2.75) is 31.5 Å². The number of rotatable bonds is 3. The molecule has 1 spiro atoms. The van der Waals surface area contributed by atoms with Gasteiger partial charge in [-0.25, -0.2) is 0 Å².